The van der Waals surface area contributed by atoms with Crippen molar-refractivity contribution in [2.45, 2.75) is 158 Å². The topological polar surface area (TPSA) is 83.5 Å². The molecule has 0 aliphatic heterocycles. The molecule has 5 rings (SSSR count). The number of hydrogen-bond acceptors (Lipinski definition) is 3. The Morgan fingerprint density at radius 1 is 0.795 bits per heavy atom. The number of unbranched alkanes of at least 4 members (excludes halogenated alkanes) is 5. The summed E-state index contributed by atoms with van der Waals surface area (Å²) in [5.74, 6) is 3.58. The lowest BCUT2D eigenvalue weighted by Gasteiger charge is -2.72. The molecule has 0 spiro atoms. The smallest absolute Gasteiger partial charge is 0.303 e. The maximum Gasteiger partial charge on any atom is 0.303 e. The molecule has 5 aliphatic rings. The van der Waals surface area contributed by atoms with E-state index < -0.39 is 5.97 Å². The van der Waals surface area contributed by atoms with Crippen molar-refractivity contribution in [1.82, 2.24) is 5.32 Å². The molecule has 0 aromatic rings. The van der Waals surface area contributed by atoms with Crippen LogP contribution in [0.25, 0.3) is 0 Å². The van der Waals surface area contributed by atoms with Gasteiger partial charge in [-0.15, -0.1) is 0 Å². The Bertz CT molecular complexity index is 1100. The highest BCUT2D eigenvalue weighted by Crippen LogP contribution is 2.77. The van der Waals surface area contributed by atoms with Crippen LogP contribution < -0.4 is 5.32 Å². The highest BCUT2D eigenvalue weighted by atomic mass is 16.4. The Morgan fingerprint density at radius 2 is 1.48 bits per heavy atom. The van der Waals surface area contributed by atoms with Crippen molar-refractivity contribution < 1.29 is 19.5 Å². The molecule has 250 valence electrons. The van der Waals surface area contributed by atoms with Gasteiger partial charge in [0.25, 0.3) is 0 Å². The van der Waals surface area contributed by atoms with Gasteiger partial charge in [0.15, 0.2) is 0 Å². The van der Waals surface area contributed by atoms with E-state index in [2.05, 4.69) is 53.8 Å². The molecule has 0 bridgehead atoms. The molecule has 4 unspecified atom stereocenters. The number of carboxylic acids is 1. The molecule has 0 aromatic heterocycles. The molecule has 5 fully saturated rings. The fraction of sp³-hybridized carbons (Fsp3) is 0.923. The van der Waals surface area contributed by atoms with Gasteiger partial charge in [0, 0.05) is 24.8 Å². The van der Waals surface area contributed by atoms with Crippen LogP contribution in [-0.2, 0) is 14.4 Å². The Morgan fingerprint density at radius 3 is 2.16 bits per heavy atom. The van der Waals surface area contributed by atoms with Gasteiger partial charge < -0.3 is 10.4 Å². The number of aliphatic carboxylic acids is 1. The number of nitrogens with one attached hydrogen (secondary N) is 1. The van der Waals surface area contributed by atoms with Crippen LogP contribution in [0.1, 0.15) is 158 Å². The number of ketones is 1. The number of carbonyl (C=O) groups is 3. The van der Waals surface area contributed by atoms with E-state index in [4.69, 9.17) is 5.11 Å². The van der Waals surface area contributed by atoms with Crippen LogP contribution in [0.4, 0.5) is 0 Å². The van der Waals surface area contributed by atoms with Gasteiger partial charge >= 0.3 is 5.97 Å². The standard InChI is InChI=1S/C39H65NO4/c1-26(2)27-17-22-39(34(44)40-25-13-11-9-8-10-12-14-32(42)43)24-23-37(6)28(33(27)39)15-16-30-36(5)20-19-31(41)35(3,4)29(36)18-21-38(30,37)7/h26-30,33H,8-25H2,1-7H3,(H,40,44)(H,42,43)/t27-,28?,29?,30?,33?,36-,37+,38+,39-/m0/s1. The van der Waals surface area contributed by atoms with E-state index in [-0.39, 0.29) is 33.5 Å². The van der Waals surface area contributed by atoms with Gasteiger partial charge in [-0.25, -0.2) is 0 Å². The average Bonchev–Trinajstić information content (AvgIpc) is 3.36. The summed E-state index contributed by atoms with van der Waals surface area (Å²) in [5, 5.41) is 12.3. The van der Waals surface area contributed by atoms with Gasteiger partial charge in [0.05, 0.1) is 5.41 Å². The molecule has 0 heterocycles. The summed E-state index contributed by atoms with van der Waals surface area (Å²) in [5.41, 5.74) is 0.310. The lowest BCUT2D eigenvalue weighted by molar-refractivity contribution is -0.234. The highest BCUT2D eigenvalue weighted by molar-refractivity contribution is 5.85. The van der Waals surface area contributed by atoms with Crippen LogP contribution in [0.2, 0.25) is 0 Å². The summed E-state index contributed by atoms with van der Waals surface area (Å²) in [4.78, 5) is 38.1. The van der Waals surface area contributed by atoms with E-state index >= 15 is 0 Å². The van der Waals surface area contributed by atoms with Crippen LogP contribution in [0.5, 0.6) is 0 Å². The Kier molecular flexibility index (Phi) is 9.51. The number of Topliss-reactive ketones (excluding diaryl/α,β-unsaturated/α-hetero) is 1. The van der Waals surface area contributed by atoms with Crippen molar-refractivity contribution in [2.24, 2.45) is 62.6 Å². The molecule has 2 N–H and O–H groups in total. The van der Waals surface area contributed by atoms with Gasteiger partial charge in [-0.1, -0.05) is 74.1 Å². The number of carbonyl (C=O) groups excluding carboxylic acids is 2. The van der Waals surface area contributed by atoms with E-state index in [9.17, 15) is 14.4 Å². The van der Waals surface area contributed by atoms with E-state index in [1.165, 1.54) is 38.5 Å². The van der Waals surface area contributed by atoms with E-state index in [1.807, 2.05) is 0 Å². The van der Waals surface area contributed by atoms with E-state index in [1.54, 1.807) is 0 Å². The van der Waals surface area contributed by atoms with Gasteiger partial charge in [0.1, 0.15) is 5.78 Å². The second kappa shape index (κ2) is 12.3. The monoisotopic (exact) mass is 611 g/mol. The Labute approximate surface area is 268 Å². The number of fused-ring (bicyclic) bond motifs is 7. The summed E-state index contributed by atoms with van der Waals surface area (Å²) >= 11 is 0. The number of carboxylic acid groups (broad SMARTS) is 1. The van der Waals surface area contributed by atoms with Crippen LogP contribution in [-0.4, -0.2) is 29.3 Å². The van der Waals surface area contributed by atoms with Crippen LogP contribution >= 0.6 is 0 Å². The fourth-order valence-electron chi connectivity index (χ4n) is 13.1. The molecular formula is C39H65NO4. The third kappa shape index (κ3) is 5.30. The van der Waals surface area contributed by atoms with Crippen molar-refractivity contribution in [3.8, 4) is 0 Å². The Hall–Kier alpha value is -1.39. The van der Waals surface area contributed by atoms with Crippen molar-refractivity contribution in [2.75, 3.05) is 6.54 Å². The molecule has 5 aliphatic carbocycles. The van der Waals surface area contributed by atoms with Crippen LogP contribution in [0.15, 0.2) is 0 Å². The molecule has 5 saturated carbocycles. The minimum atomic E-state index is -0.699. The fourth-order valence-corrected chi connectivity index (χ4v) is 13.1. The molecule has 9 atom stereocenters. The quantitative estimate of drug-likeness (QED) is 0.228. The maximum absolute atomic E-state index is 14.3. The highest BCUT2D eigenvalue weighted by Gasteiger charge is 2.71. The van der Waals surface area contributed by atoms with Crippen LogP contribution in [0.3, 0.4) is 0 Å². The first-order valence-electron chi connectivity index (χ1n) is 18.7. The number of amides is 1. The lowest BCUT2D eigenvalue weighted by atomic mass is 9.32. The van der Waals surface area contributed by atoms with Crippen LogP contribution in [0, 0.1) is 62.6 Å². The number of hydrogen-bond donors (Lipinski definition) is 2. The van der Waals surface area contributed by atoms with Crippen molar-refractivity contribution >= 4 is 17.7 Å². The summed E-state index contributed by atoms with van der Waals surface area (Å²) in [6.45, 7) is 17.9. The van der Waals surface area contributed by atoms with E-state index in [0.717, 1.165) is 70.8 Å². The van der Waals surface area contributed by atoms with Crippen molar-refractivity contribution in [3.63, 3.8) is 0 Å². The molecule has 0 saturated heterocycles. The molecular weight excluding hydrogens is 546 g/mol. The zero-order valence-corrected chi connectivity index (χ0v) is 29.4. The summed E-state index contributed by atoms with van der Waals surface area (Å²) in [7, 11) is 0. The first kappa shape index (κ1) is 34.0. The molecule has 1 amide bonds. The molecule has 0 radical (unpaired) electrons. The Balaban J connectivity index is 1.30. The van der Waals surface area contributed by atoms with Gasteiger partial charge in [0.2, 0.25) is 5.91 Å². The third-order valence-corrected chi connectivity index (χ3v) is 15.6. The van der Waals surface area contributed by atoms with Crippen molar-refractivity contribution in [3.05, 3.63) is 0 Å². The predicted molar refractivity (Wildman–Crippen MR) is 177 cm³/mol. The lowest BCUT2D eigenvalue weighted by Crippen LogP contribution is -2.67. The van der Waals surface area contributed by atoms with Gasteiger partial charge in [-0.2, -0.15) is 0 Å². The zero-order chi connectivity index (χ0) is 32.1. The summed E-state index contributed by atoms with van der Waals surface area (Å²) in [6, 6.07) is 0. The predicted octanol–water partition coefficient (Wildman–Crippen LogP) is 9.22. The van der Waals surface area contributed by atoms with E-state index in [0.29, 0.717) is 47.2 Å². The number of rotatable bonds is 11. The molecule has 5 heteroatoms. The first-order chi connectivity index (χ1) is 20.6. The second-order valence-corrected chi connectivity index (χ2v) is 18.0. The average molecular weight is 612 g/mol. The third-order valence-electron chi connectivity index (χ3n) is 15.6. The first-order valence-corrected chi connectivity index (χ1v) is 18.7. The largest absolute Gasteiger partial charge is 0.481 e. The summed E-state index contributed by atoms with van der Waals surface area (Å²) in [6.07, 6.45) is 17.5. The normalized spacial score (nSPS) is 42.6. The van der Waals surface area contributed by atoms with Gasteiger partial charge in [-0.05, 0) is 122 Å². The molecule has 5 nitrogen and oxygen atoms in total. The summed E-state index contributed by atoms with van der Waals surface area (Å²) < 4.78 is 0. The molecule has 0 aromatic carbocycles. The van der Waals surface area contributed by atoms with Gasteiger partial charge in [-0.3, -0.25) is 14.4 Å². The zero-order valence-electron chi connectivity index (χ0n) is 29.4. The SMILES string of the molecule is CC(C)[C@@H]1CC[C@]2(C(=O)NCCCCCCCCC(=O)O)CC[C@]3(C)C(CCC4[C@@]5(C)CCC(=O)C(C)(C)C5CC[C@]43C)C12. The molecule has 44 heavy (non-hydrogen) atoms. The maximum atomic E-state index is 14.3. The minimum Gasteiger partial charge on any atom is -0.481 e. The minimum absolute atomic E-state index is 0.208. The second-order valence-electron chi connectivity index (χ2n) is 18.0. The van der Waals surface area contributed by atoms with Crippen molar-refractivity contribution in [1.29, 1.82) is 0 Å².